The molecule has 0 fully saturated rings. The van der Waals surface area contributed by atoms with E-state index in [0.29, 0.717) is 6.54 Å². The molecule has 0 amide bonds. The second-order valence-electron chi connectivity index (χ2n) is 4.10. The first-order valence-corrected chi connectivity index (χ1v) is 7.43. The van der Waals surface area contributed by atoms with Gasteiger partial charge in [0.15, 0.2) is 0 Å². The topological polar surface area (TPSA) is 35.8 Å². The molecule has 2 aromatic rings. The number of nitrogens with one attached hydrogen (secondary N) is 1. The molecule has 0 saturated heterocycles. The number of hydrogen-bond acceptors (Lipinski definition) is 2. The van der Waals surface area contributed by atoms with Crippen LogP contribution in [0.1, 0.15) is 11.5 Å². The lowest BCUT2D eigenvalue weighted by Crippen LogP contribution is -2.11. The number of hydrogen-bond donors (Lipinski definition) is 1. The van der Waals surface area contributed by atoms with Gasteiger partial charge in [0.2, 0.25) is 0 Å². The zero-order valence-corrected chi connectivity index (χ0v) is 13.3. The van der Waals surface area contributed by atoms with Crippen LogP contribution in [0.3, 0.4) is 0 Å². The van der Waals surface area contributed by atoms with Crippen molar-refractivity contribution in [2.24, 2.45) is 0 Å². The van der Waals surface area contributed by atoms with Crippen molar-refractivity contribution in [1.29, 1.82) is 5.26 Å². The van der Waals surface area contributed by atoms with E-state index < -0.39 is 0 Å². The van der Waals surface area contributed by atoms with Crippen LogP contribution in [0.15, 0.2) is 57.5 Å². The highest BCUT2D eigenvalue weighted by atomic mass is 79.9. The number of nitriles is 1. The maximum atomic E-state index is 9.27. The van der Waals surface area contributed by atoms with E-state index in [1.807, 2.05) is 48.5 Å². The third-order valence-corrected chi connectivity index (χ3v) is 3.97. The molecule has 0 spiro atoms. The van der Waals surface area contributed by atoms with Gasteiger partial charge in [-0.25, -0.2) is 0 Å². The maximum Gasteiger partial charge on any atom is 0.0885 e. The Morgan fingerprint density at radius 3 is 2.53 bits per heavy atom. The second kappa shape index (κ2) is 6.74. The van der Waals surface area contributed by atoms with Gasteiger partial charge in [-0.3, -0.25) is 0 Å². The molecule has 0 aliphatic carbocycles. The minimum Gasteiger partial charge on any atom is -0.382 e. The van der Waals surface area contributed by atoms with Gasteiger partial charge in [-0.15, -0.1) is 0 Å². The molecule has 0 bridgehead atoms. The van der Waals surface area contributed by atoms with Crippen LogP contribution in [0.5, 0.6) is 0 Å². The average Bonchev–Trinajstić information content (AvgIpc) is 2.44. The minimum atomic E-state index is -0.160. The van der Waals surface area contributed by atoms with Crippen molar-refractivity contribution in [3.8, 4) is 6.07 Å². The lowest BCUT2D eigenvalue weighted by atomic mass is 10.0. The molecule has 0 aliphatic rings. The molecule has 1 unspecified atom stereocenters. The van der Waals surface area contributed by atoms with Crippen LogP contribution in [0.2, 0.25) is 0 Å². The predicted molar refractivity (Wildman–Crippen MR) is 85.1 cm³/mol. The third kappa shape index (κ3) is 3.82. The Labute approximate surface area is 129 Å². The van der Waals surface area contributed by atoms with E-state index in [2.05, 4.69) is 43.2 Å². The van der Waals surface area contributed by atoms with Gasteiger partial charge in [0, 0.05) is 21.2 Å². The van der Waals surface area contributed by atoms with E-state index in [1.165, 1.54) is 0 Å². The van der Waals surface area contributed by atoms with Crippen LogP contribution in [0.25, 0.3) is 0 Å². The van der Waals surface area contributed by atoms with Gasteiger partial charge in [-0.2, -0.15) is 5.26 Å². The van der Waals surface area contributed by atoms with E-state index in [0.717, 1.165) is 20.2 Å². The number of nitrogens with zero attached hydrogens (tertiary/aromatic N) is 1. The highest BCUT2D eigenvalue weighted by Gasteiger charge is 2.10. The second-order valence-corrected chi connectivity index (χ2v) is 5.87. The van der Waals surface area contributed by atoms with Gasteiger partial charge in [0.1, 0.15) is 0 Å². The monoisotopic (exact) mass is 378 g/mol. The summed E-state index contributed by atoms with van der Waals surface area (Å²) >= 11 is 6.93. The fourth-order valence-corrected chi connectivity index (χ4v) is 2.52. The third-order valence-electron chi connectivity index (χ3n) is 2.78. The molecule has 1 N–H and O–H groups in total. The summed E-state index contributed by atoms with van der Waals surface area (Å²) in [5.41, 5.74) is 2.01. The smallest absolute Gasteiger partial charge is 0.0885 e. The van der Waals surface area contributed by atoms with Crippen LogP contribution in [-0.4, -0.2) is 6.54 Å². The van der Waals surface area contributed by atoms with E-state index in [9.17, 15) is 5.26 Å². The Bertz CT molecular complexity index is 591. The van der Waals surface area contributed by atoms with Gasteiger partial charge in [-0.1, -0.05) is 46.3 Å². The molecule has 2 aromatic carbocycles. The molecule has 2 nitrogen and oxygen atoms in total. The fourth-order valence-electron chi connectivity index (χ4n) is 1.77. The van der Waals surface area contributed by atoms with Crippen LogP contribution in [0.4, 0.5) is 5.69 Å². The predicted octanol–water partition coefficient (Wildman–Crippen LogP) is 4.93. The quantitative estimate of drug-likeness (QED) is 0.817. The van der Waals surface area contributed by atoms with E-state index >= 15 is 0 Å². The van der Waals surface area contributed by atoms with Crippen molar-refractivity contribution in [3.05, 3.63) is 63.0 Å². The van der Waals surface area contributed by atoms with Crippen molar-refractivity contribution in [3.63, 3.8) is 0 Å². The molecular weight excluding hydrogens is 368 g/mol. The van der Waals surface area contributed by atoms with Crippen molar-refractivity contribution in [2.75, 3.05) is 11.9 Å². The summed E-state index contributed by atoms with van der Waals surface area (Å²) in [6, 6.07) is 18.1. The number of anilines is 1. The van der Waals surface area contributed by atoms with E-state index in [4.69, 9.17) is 0 Å². The number of halogens is 2. The highest BCUT2D eigenvalue weighted by molar-refractivity contribution is 9.11. The molecule has 2 rings (SSSR count). The summed E-state index contributed by atoms with van der Waals surface area (Å²) in [6.45, 7) is 0.579. The summed E-state index contributed by atoms with van der Waals surface area (Å²) in [7, 11) is 0. The average molecular weight is 380 g/mol. The SMILES string of the molecule is N#CC(CNc1cc(Br)ccc1Br)c1ccccc1. The standard InChI is InChI=1S/C15H12Br2N2/c16-13-6-7-14(17)15(8-13)19-10-12(9-18)11-4-2-1-3-5-11/h1-8,12,19H,10H2. The fraction of sp³-hybridized carbons (Fsp3) is 0.133. The van der Waals surface area contributed by atoms with Gasteiger partial charge < -0.3 is 5.32 Å². The summed E-state index contributed by atoms with van der Waals surface area (Å²) in [5, 5.41) is 12.6. The van der Waals surface area contributed by atoms with Crippen LogP contribution < -0.4 is 5.32 Å². The van der Waals surface area contributed by atoms with Gasteiger partial charge in [-0.05, 0) is 39.7 Å². The molecule has 4 heteroatoms. The Hall–Kier alpha value is -1.31. The lowest BCUT2D eigenvalue weighted by molar-refractivity contribution is 0.900. The van der Waals surface area contributed by atoms with Crippen molar-refractivity contribution in [1.82, 2.24) is 0 Å². The molecule has 0 saturated carbocycles. The Kier molecular flexibility index (Phi) is 5.00. The molecule has 0 aromatic heterocycles. The molecule has 0 heterocycles. The Morgan fingerprint density at radius 1 is 1.11 bits per heavy atom. The number of rotatable bonds is 4. The first-order valence-electron chi connectivity index (χ1n) is 5.84. The first kappa shape index (κ1) is 14.1. The minimum absolute atomic E-state index is 0.160. The van der Waals surface area contributed by atoms with Gasteiger partial charge in [0.05, 0.1) is 12.0 Å². The summed E-state index contributed by atoms with van der Waals surface area (Å²) < 4.78 is 1.99. The first-order chi connectivity index (χ1) is 9.20. The van der Waals surface area contributed by atoms with Crippen LogP contribution >= 0.6 is 31.9 Å². The van der Waals surface area contributed by atoms with Crippen LogP contribution in [0, 0.1) is 11.3 Å². The van der Waals surface area contributed by atoms with E-state index in [1.54, 1.807) is 0 Å². The van der Waals surface area contributed by atoms with Crippen molar-refractivity contribution < 1.29 is 0 Å². The molecular formula is C15H12Br2N2. The molecule has 0 aliphatic heterocycles. The Morgan fingerprint density at radius 2 is 1.84 bits per heavy atom. The van der Waals surface area contributed by atoms with Gasteiger partial charge >= 0.3 is 0 Å². The molecule has 19 heavy (non-hydrogen) atoms. The largest absolute Gasteiger partial charge is 0.382 e. The number of benzene rings is 2. The summed E-state index contributed by atoms with van der Waals surface area (Å²) in [4.78, 5) is 0. The normalized spacial score (nSPS) is 11.6. The van der Waals surface area contributed by atoms with E-state index in [-0.39, 0.29) is 5.92 Å². The molecule has 96 valence electrons. The van der Waals surface area contributed by atoms with Crippen molar-refractivity contribution >= 4 is 37.5 Å². The molecule has 1 atom stereocenters. The summed E-state index contributed by atoms with van der Waals surface area (Å²) in [6.07, 6.45) is 0. The van der Waals surface area contributed by atoms with Gasteiger partial charge in [0.25, 0.3) is 0 Å². The Balaban J connectivity index is 2.09. The van der Waals surface area contributed by atoms with Crippen LogP contribution in [-0.2, 0) is 0 Å². The van der Waals surface area contributed by atoms with Crippen molar-refractivity contribution in [2.45, 2.75) is 5.92 Å². The maximum absolute atomic E-state index is 9.27. The zero-order chi connectivity index (χ0) is 13.7. The zero-order valence-electron chi connectivity index (χ0n) is 10.1. The lowest BCUT2D eigenvalue weighted by Gasteiger charge is -2.13. The highest BCUT2D eigenvalue weighted by Crippen LogP contribution is 2.27. The summed E-state index contributed by atoms with van der Waals surface area (Å²) in [5.74, 6) is -0.160. The molecule has 0 radical (unpaired) electrons.